The second-order valence-corrected chi connectivity index (χ2v) is 5.20. The molecule has 0 aliphatic carbocycles. The Hall–Kier alpha value is -3.14. The molecule has 0 fully saturated rings. The molecule has 2 heterocycles. The van der Waals surface area contributed by atoms with Gasteiger partial charge in [-0.2, -0.15) is 0 Å². The summed E-state index contributed by atoms with van der Waals surface area (Å²) in [5.74, 6) is -0.189. The molecule has 2 N–H and O–H groups in total. The number of aromatic amines is 2. The van der Waals surface area contributed by atoms with Gasteiger partial charge in [0, 0.05) is 28.7 Å². The van der Waals surface area contributed by atoms with E-state index in [4.69, 9.17) is 0 Å². The van der Waals surface area contributed by atoms with Crippen LogP contribution in [0, 0.1) is 0 Å². The lowest BCUT2D eigenvalue weighted by Gasteiger charge is -1.97. The maximum atomic E-state index is 12.5. The Kier molecular flexibility index (Phi) is 2.69. The minimum Gasteiger partial charge on any atom is -0.352 e. The van der Waals surface area contributed by atoms with Crippen molar-refractivity contribution in [1.82, 2.24) is 9.97 Å². The van der Waals surface area contributed by atoms with E-state index >= 15 is 0 Å². The van der Waals surface area contributed by atoms with Crippen LogP contribution in [-0.4, -0.2) is 15.8 Å². The predicted molar refractivity (Wildman–Crippen MR) is 86.3 cm³/mol. The lowest BCUT2D eigenvalue weighted by molar-refractivity contribution is 0.103. The minimum absolute atomic E-state index is 0.189. The third kappa shape index (κ3) is 1.93. The summed E-state index contributed by atoms with van der Waals surface area (Å²) >= 11 is 0. The van der Waals surface area contributed by atoms with Crippen molar-refractivity contribution < 1.29 is 4.79 Å². The van der Waals surface area contributed by atoms with Gasteiger partial charge in [-0.05, 0) is 29.0 Å². The average molecular weight is 288 g/mol. The van der Waals surface area contributed by atoms with Crippen LogP contribution >= 0.6 is 0 Å². The maximum Gasteiger partial charge on any atom is 0.248 e. The third-order valence-electron chi connectivity index (χ3n) is 3.81. The molecule has 0 unspecified atom stereocenters. The van der Waals surface area contributed by atoms with Crippen LogP contribution in [0.3, 0.4) is 0 Å². The van der Waals surface area contributed by atoms with Crippen LogP contribution in [0.2, 0.25) is 0 Å². The molecule has 0 amide bonds. The van der Waals surface area contributed by atoms with E-state index in [0.717, 1.165) is 21.7 Å². The number of fused-ring (bicyclic) bond motifs is 3. The summed E-state index contributed by atoms with van der Waals surface area (Å²) in [6, 6.07) is 16.8. The SMILES string of the molecule is O=C(c1cc[nH]c(=O)c1)c1cc2c(ccc3ccccc32)[nH]1. The number of H-pyrrole nitrogens is 2. The van der Waals surface area contributed by atoms with Gasteiger partial charge in [-0.1, -0.05) is 30.3 Å². The molecule has 0 saturated carbocycles. The molecule has 0 saturated heterocycles. The Balaban J connectivity index is 1.91. The fourth-order valence-electron chi connectivity index (χ4n) is 2.75. The molecule has 0 atom stereocenters. The minimum atomic E-state index is -0.285. The highest BCUT2D eigenvalue weighted by Gasteiger charge is 2.13. The number of nitrogens with one attached hydrogen (secondary N) is 2. The van der Waals surface area contributed by atoms with Crippen LogP contribution in [0.25, 0.3) is 21.7 Å². The largest absolute Gasteiger partial charge is 0.352 e. The van der Waals surface area contributed by atoms with Gasteiger partial charge < -0.3 is 9.97 Å². The Morgan fingerprint density at radius 2 is 1.77 bits per heavy atom. The molecule has 0 bridgehead atoms. The second-order valence-electron chi connectivity index (χ2n) is 5.20. The first kappa shape index (κ1) is 12.6. The van der Waals surface area contributed by atoms with Gasteiger partial charge in [0.15, 0.2) is 0 Å². The smallest absolute Gasteiger partial charge is 0.248 e. The molecule has 4 nitrogen and oxygen atoms in total. The molecule has 2 aromatic carbocycles. The molecule has 4 aromatic rings. The van der Waals surface area contributed by atoms with Crippen molar-refractivity contribution in [2.75, 3.05) is 0 Å². The standard InChI is InChI=1S/C18H12N2O2/c21-17-9-12(7-8-19-17)18(22)16-10-14-13-4-2-1-3-11(13)5-6-15(14)20-16/h1-10,20H,(H,19,21). The molecule has 22 heavy (non-hydrogen) atoms. The monoisotopic (exact) mass is 288 g/mol. The number of hydrogen-bond donors (Lipinski definition) is 2. The highest BCUT2D eigenvalue weighted by atomic mass is 16.1. The molecule has 0 aliphatic heterocycles. The Labute approximate surface area is 125 Å². The van der Waals surface area contributed by atoms with E-state index in [2.05, 4.69) is 9.97 Å². The third-order valence-corrected chi connectivity index (χ3v) is 3.81. The summed E-state index contributed by atoms with van der Waals surface area (Å²) in [5.41, 5.74) is 1.48. The number of ketones is 1. The van der Waals surface area contributed by atoms with Gasteiger partial charge in [-0.25, -0.2) is 0 Å². The van der Waals surface area contributed by atoms with E-state index in [0.29, 0.717) is 11.3 Å². The number of rotatable bonds is 2. The highest BCUT2D eigenvalue weighted by Crippen LogP contribution is 2.26. The molecule has 0 radical (unpaired) electrons. The second kappa shape index (κ2) is 4.70. The Morgan fingerprint density at radius 3 is 2.64 bits per heavy atom. The van der Waals surface area contributed by atoms with Crippen LogP contribution < -0.4 is 5.56 Å². The highest BCUT2D eigenvalue weighted by molar-refractivity contribution is 6.14. The van der Waals surface area contributed by atoms with Crippen molar-refractivity contribution in [1.29, 1.82) is 0 Å². The molecular weight excluding hydrogens is 276 g/mol. The average Bonchev–Trinajstić information content (AvgIpc) is 2.99. The van der Waals surface area contributed by atoms with E-state index in [1.807, 2.05) is 42.5 Å². The van der Waals surface area contributed by atoms with E-state index in [1.54, 1.807) is 6.07 Å². The van der Waals surface area contributed by atoms with Crippen molar-refractivity contribution in [3.05, 3.63) is 82.4 Å². The number of carbonyl (C=O) groups excluding carboxylic acids is 1. The van der Waals surface area contributed by atoms with Gasteiger partial charge in [0.25, 0.3) is 0 Å². The Morgan fingerprint density at radius 1 is 0.909 bits per heavy atom. The van der Waals surface area contributed by atoms with E-state index in [1.165, 1.54) is 12.3 Å². The predicted octanol–water partition coefficient (Wildman–Crippen LogP) is 3.24. The summed E-state index contributed by atoms with van der Waals surface area (Å²) < 4.78 is 0. The number of carbonyl (C=O) groups is 1. The van der Waals surface area contributed by atoms with Crippen molar-refractivity contribution in [2.45, 2.75) is 0 Å². The molecule has 4 heteroatoms. The number of benzene rings is 2. The van der Waals surface area contributed by atoms with Crippen molar-refractivity contribution in [2.24, 2.45) is 0 Å². The zero-order valence-corrected chi connectivity index (χ0v) is 11.6. The van der Waals surface area contributed by atoms with Crippen LogP contribution in [-0.2, 0) is 0 Å². The van der Waals surface area contributed by atoms with E-state index in [9.17, 15) is 9.59 Å². The summed E-state index contributed by atoms with van der Waals surface area (Å²) in [4.78, 5) is 29.5. The van der Waals surface area contributed by atoms with Crippen molar-refractivity contribution in [3.8, 4) is 0 Å². The molecule has 4 rings (SSSR count). The van der Waals surface area contributed by atoms with Gasteiger partial charge in [0.1, 0.15) is 0 Å². The van der Waals surface area contributed by atoms with Gasteiger partial charge in [-0.15, -0.1) is 0 Å². The number of hydrogen-bond acceptors (Lipinski definition) is 2. The van der Waals surface area contributed by atoms with Crippen LogP contribution in [0.15, 0.2) is 65.6 Å². The summed E-state index contributed by atoms with van der Waals surface area (Å²) in [7, 11) is 0. The van der Waals surface area contributed by atoms with Gasteiger partial charge in [0.05, 0.1) is 5.69 Å². The van der Waals surface area contributed by atoms with Crippen molar-refractivity contribution >= 4 is 27.5 Å². The molecule has 2 aromatic heterocycles. The van der Waals surface area contributed by atoms with E-state index < -0.39 is 0 Å². The van der Waals surface area contributed by atoms with Crippen LogP contribution in [0.1, 0.15) is 16.1 Å². The number of pyridine rings is 1. The van der Waals surface area contributed by atoms with Crippen LogP contribution in [0.4, 0.5) is 0 Å². The maximum absolute atomic E-state index is 12.5. The fourth-order valence-corrected chi connectivity index (χ4v) is 2.75. The first-order valence-corrected chi connectivity index (χ1v) is 6.96. The normalized spacial score (nSPS) is 11.1. The Bertz CT molecular complexity index is 1070. The van der Waals surface area contributed by atoms with E-state index in [-0.39, 0.29) is 11.3 Å². The lowest BCUT2D eigenvalue weighted by Crippen LogP contribution is -2.09. The van der Waals surface area contributed by atoms with Crippen LogP contribution in [0.5, 0.6) is 0 Å². The summed E-state index contributed by atoms with van der Waals surface area (Å²) in [6.07, 6.45) is 1.48. The zero-order valence-electron chi connectivity index (χ0n) is 11.6. The van der Waals surface area contributed by atoms with Gasteiger partial charge in [-0.3, -0.25) is 9.59 Å². The molecule has 0 aliphatic rings. The van der Waals surface area contributed by atoms with Gasteiger partial charge in [0.2, 0.25) is 11.3 Å². The first-order valence-electron chi connectivity index (χ1n) is 6.96. The summed E-state index contributed by atoms with van der Waals surface area (Å²) in [6.45, 7) is 0. The van der Waals surface area contributed by atoms with Crippen molar-refractivity contribution in [3.63, 3.8) is 0 Å². The van der Waals surface area contributed by atoms with Gasteiger partial charge >= 0.3 is 0 Å². The fraction of sp³-hybridized carbons (Fsp3) is 0. The zero-order chi connectivity index (χ0) is 15.1. The lowest BCUT2D eigenvalue weighted by atomic mass is 10.1. The topological polar surface area (TPSA) is 65.7 Å². The number of aromatic nitrogens is 2. The first-order chi connectivity index (χ1) is 10.7. The summed E-state index contributed by atoms with van der Waals surface area (Å²) in [5, 5.41) is 3.23. The molecule has 106 valence electrons. The molecular formula is C18H12N2O2. The quantitative estimate of drug-likeness (QED) is 0.556. The molecule has 0 spiro atoms.